The van der Waals surface area contributed by atoms with E-state index in [0.717, 1.165) is 0 Å². The van der Waals surface area contributed by atoms with Crippen molar-refractivity contribution in [3.8, 4) is 12.3 Å². The molecule has 11 heavy (non-hydrogen) atoms. The molecule has 1 N–H and O–H groups in total. The molecule has 0 aromatic rings. The second-order valence-corrected chi connectivity index (χ2v) is 2.38. The number of carboxylic acid groups (broad SMARTS) is 1. The summed E-state index contributed by atoms with van der Waals surface area (Å²) in [6.45, 7) is 2.20. The predicted octanol–water partition coefficient (Wildman–Crippen LogP) is 0.415. The monoisotopic (exact) mass is 155 g/mol. The van der Waals surface area contributed by atoms with Crippen molar-refractivity contribution in [2.24, 2.45) is 0 Å². The Labute approximate surface area is 67.0 Å². The molecule has 0 saturated carbocycles. The molecule has 0 aliphatic heterocycles. The number of likely N-dealkylation sites (N-methyl/N-ethyl adjacent to an activating group) is 1. The highest BCUT2D eigenvalue weighted by Gasteiger charge is 2.18. The Bertz CT molecular complexity index is 171. The molecule has 0 aliphatic rings. The van der Waals surface area contributed by atoms with Gasteiger partial charge in [0, 0.05) is 0 Å². The average molecular weight is 155 g/mol. The fourth-order valence-electron chi connectivity index (χ4n) is 0.929. The minimum atomic E-state index is -0.815. The number of aliphatic carboxylic acids is 1. The van der Waals surface area contributed by atoms with E-state index >= 15 is 0 Å². The number of rotatable bonds is 4. The van der Waals surface area contributed by atoms with Gasteiger partial charge in [-0.15, -0.1) is 6.42 Å². The van der Waals surface area contributed by atoms with Gasteiger partial charge in [0.2, 0.25) is 0 Å². The first-order chi connectivity index (χ1) is 5.13. The molecule has 0 bridgehead atoms. The highest BCUT2D eigenvalue weighted by molar-refractivity contribution is 5.73. The Balaban J connectivity index is 4.04. The van der Waals surface area contributed by atoms with Gasteiger partial charge in [0.05, 0.1) is 6.54 Å². The van der Waals surface area contributed by atoms with Gasteiger partial charge in [-0.05, 0) is 13.5 Å². The number of nitrogens with zero attached hydrogens (tertiary/aromatic N) is 1. The predicted molar refractivity (Wildman–Crippen MR) is 43.2 cm³/mol. The van der Waals surface area contributed by atoms with Gasteiger partial charge in [-0.2, -0.15) is 0 Å². The number of hydrogen-bond acceptors (Lipinski definition) is 2. The van der Waals surface area contributed by atoms with Crippen LogP contribution in [0.15, 0.2) is 0 Å². The summed E-state index contributed by atoms with van der Waals surface area (Å²) in [7, 11) is 1.71. The van der Waals surface area contributed by atoms with Crippen molar-refractivity contribution in [1.82, 2.24) is 4.90 Å². The zero-order valence-electron chi connectivity index (χ0n) is 6.87. The Morgan fingerprint density at radius 3 is 2.64 bits per heavy atom. The first kappa shape index (κ1) is 9.99. The zero-order valence-corrected chi connectivity index (χ0v) is 6.87. The second-order valence-electron chi connectivity index (χ2n) is 2.38. The third-order valence-electron chi connectivity index (χ3n) is 1.54. The summed E-state index contributed by atoms with van der Waals surface area (Å²) >= 11 is 0. The molecule has 3 heteroatoms. The maximum absolute atomic E-state index is 10.5. The van der Waals surface area contributed by atoms with Crippen molar-refractivity contribution >= 4 is 5.97 Å². The highest BCUT2D eigenvalue weighted by Crippen LogP contribution is 2.00. The van der Waals surface area contributed by atoms with E-state index in [1.54, 1.807) is 11.9 Å². The first-order valence-corrected chi connectivity index (χ1v) is 3.50. The molecule has 3 nitrogen and oxygen atoms in total. The molecule has 0 aromatic heterocycles. The van der Waals surface area contributed by atoms with Gasteiger partial charge in [-0.1, -0.05) is 12.8 Å². The fourth-order valence-corrected chi connectivity index (χ4v) is 0.929. The second kappa shape index (κ2) is 4.75. The van der Waals surface area contributed by atoms with E-state index < -0.39 is 12.0 Å². The SMILES string of the molecule is C#CCN(C)C(CC)C(=O)O. The minimum Gasteiger partial charge on any atom is -0.480 e. The molecule has 0 aliphatic carbocycles. The van der Waals surface area contributed by atoms with Crippen LogP contribution in [0.4, 0.5) is 0 Å². The third-order valence-corrected chi connectivity index (χ3v) is 1.54. The molecule has 62 valence electrons. The lowest BCUT2D eigenvalue weighted by atomic mass is 10.2. The van der Waals surface area contributed by atoms with E-state index in [1.165, 1.54) is 0 Å². The largest absolute Gasteiger partial charge is 0.480 e. The molecule has 0 rings (SSSR count). The van der Waals surface area contributed by atoms with Crippen molar-refractivity contribution in [2.45, 2.75) is 19.4 Å². The maximum Gasteiger partial charge on any atom is 0.320 e. The van der Waals surface area contributed by atoms with Crippen LogP contribution in [0.2, 0.25) is 0 Å². The molecule has 0 aromatic carbocycles. The summed E-state index contributed by atoms with van der Waals surface area (Å²) in [5, 5.41) is 8.66. The lowest BCUT2D eigenvalue weighted by Gasteiger charge is -2.20. The molecular formula is C8H13NO2. The molecule has 1 unspecified atom stereocenters. The smallest absolute Gasteiger partial charge is 0.320 e. The van der Waals surface area contributed by atoms with Gasteiger partial charge in [0.15, 0.2) is 0 Å². The van der Waals surface area contributed by atoms with Crippen LogP contribution >= 0.6 is 0 Å². The molecule has 0 saturated heterocycles. The van der Waals surface area contributed by atoms with Crippen LogP contribution in [0.3, 0.4) is 0 Å². The van der Waals surface area contributed by atoms with Gasteiger partial charge < -0.3 is 5.11 Å². The van der Waals surface area contributed by atoms with Crippen LogP contribution in [0, 0.1) is 12.3 Å². The van der Waals surface area contributed by atoms with Gasteiger partial charge in [0.25, 0.3) is 0 Å². The van der Waals surface area contributed by atoms with Crippen LogP contribution in [-0.4, -0.2) is 35.6 Å². The summed E-state index contributed by atoms with van der Waals surface area (Å²) < 4.78 is 0. The Kier molecular flexibility index (Phi) is 4.32. The van der Waals surface area contributed by atoms with Crippen LogP contribution < -0.4 is 0 Å². The molecule has 0 fully saturated rings. The molecule has 0 spiro atoms. The van der Waals surface area contributed by atoms with Crippen molar-refractivity contribution in [1.29, 1.82) is 0 Å². The van der Waals surface area contributed by atoms with Crippen molar-refractivity contribution in [3.63, 3.8) is 0 Å². The van der Waals surface area contributed by atoms with E-state index in [9.17, 15) is 4.79 Å². The highest BCUT2D eigenvalue weighted by atomic mass is 16.4. The van der Waals surface area contributed by atoms with E-state index in [-0.39, 0.29) is 0 Å². The molecule has 0 radical (unpaired) electrons. The zero-order chi connectivity index (χ0) is 8.85. The van der Waals surface area contributed by atoms with Crippen molar-refractivity contribution < 1.29 is 9.90 Å². The first-order valence-electron chi connectivity index (χ1n) is 3.50. The summed E-state index contributed by atoms with van der Waals surface area (Å²) in [5.74, 6) is 1.59. The van der Waals surface area contributed by atoms with Gasteiger partial charge in [0.1, 0.15) is 6.04 Å². The summed E-state index contributed by atoms with van der Waals surface area (Å²) in [4.78, 5) is 12.2. The van der Waals surface area contributed by atoms with Gasteiger partial charge in [-0.25, -0.2) is 0 Å². The van der Waals surface area contributed by atoms with Crippen LogP contribution in [0.5, 0.6) is 0 Å². The normalized spacial score (nSPS) is 12.5. The van der Waals surface area contributed by atoms with E-state index in [2.05, 4.69) is 5.92 Å². The van der Waals surface area contributed by atoms with Gasteiger partial charge in [-0.3, -0.25) is 9.69 Å². The third kappa shape index (κ3) is 3.06. The van der Waals surface area contributed by atoms with Crippen molar-refractivity contribution in [3.05, 3.63) is 0 Å². The number of hydrogen-bond donors (Lipinski definition) is 1. The average Bonchev–Trinajstić information content (AvgIpc) is 1.88. The van der Waals surface area contributed by atoms with E-state index in [4.69, 9.17) is 11.5 Å². The van der Waals surface area contributed by atoms with E-state index in [0.29, 0.717) is 13.0 Å². The molecular weight excluding hydrogens is 142 g/mol. The molecule has 0 amide bonds. The maximum atomic E-state index is 10.5. The lowest BCUT2D eigenvalue weighted by Crippen LogP contribution is -2.37. The fraction of sp³-hybridized carbons (Fsp3) is 0.625. The van der Waals surface area contributed by atoms with E-state index in [1.807, 2.05) is 6.92 Å². The number of carboxylic acids is 1. The van der Waals surface area contributed by atoms with Crippen molar-refractivity contribution in [2.75, 3.05) is 13.6 Å². The minimum absolute atomic E-state index is 0.380. The number of terminal acetylenes is 1. The topological polar surface area (TPSA) is 40.5 Å². The Morgan fingerprint density at radius 2 is 2.36 bits per heavy atom. The summed E-state index contributed by atoms with van der Waals surface area (Å²) in [5.41, 5.74) is 0. The molecule has 0 heterocycles. The Morgan fingerprint density at radius 1 is 1.82 bits per heavy atom. The summed E-state index contributed by atoms with van der Waals surface area (Å²) in [6.07, 6.45) is 5.61. The van der Waals surface area contributed by atoms with Crippen LogP contribution in [0.25, 0.3) is 0 Å². The Hall–Kier alpha value is -1.01. The molecule has 1 atom stereocenters. The lowest BCUT2D eigenvalue weighted by molar-refractivity contribution is -0.142. The van der Waals surface area contributed by atoms with Crippen LogP contribution in [-0.2, 0) is 4.79 Å². The van der Waals surface area contributed by atoms with Gasteiger partial charge >= 0.3 is 5.97 Å². The van der Waals surface area contributed by atoms with Crippen LogP contribution in [0.1, 0.15) is 13.3 Å². The quantitative estimate of drug-likeness (QED) is 0.598. The summed E-state index contributed by atoms with van der Waals surface area (Å²) in [6, 6.07) is -0.453. The number of carbonyl (C=O) groups is 1. The standard InChI is InChI=1S/C8H13NO2/c1-4-6-9(3)7(5-2)8(10)11/h1,7H,5-6H2,2-3H3,(H,10,11).